The molecule has 0 radical (unpaired) electrons. The van der Waals surface area contributed by atoms with Crippen LogP contribution in [0.25, 0.3) is 11.1 Å². The van der Waals surface area contributed by atoms with E-state index in [4.69, 9.17) is 9.47 Å². The minimum Gasteiger partial charge on any atom is -0.385 e. The summed E-state index contributed by atoms with van der Waals surface area (Å²) in [4.78, 5) is 0. The van der Waals surface area contributed by atoms with Crippen LogP contribution in [0.5, 0.6) is 0 Å². The van der Waals surface area contributed by atoms with E-state index < -0.39 is 0 Å². The molecule has 0 heterocycles. The minimum atomic E-state index is -0.0939. The van der Waals surface area contributed by atoms with Gasteiger partial charge in [0.1, 0.15) is 0 Å². The zero-order valence-electron chi connectivity index (χ0n) is 23.7. The van der Waals surface area contributed by atoms with Gasteiger partial charge in [0.05, 0.1) is 0 Å². The van der Waals surface area contributed by atoms with Crippen LogP contribution < -0.4 is 0 Å². The summed E-state index contributed by atoms with van der Waals surface area (Å²) in [6, 6.07) is 18.2. The van der Waals surface area contributed by atoms with E-state index in [9.17, 15) is 0 Å². The second kappa shape index (κ2) is 11.8. The Morgan fingerprint density at radius 2 is 1.05 bits per heavy atom. The van der Waals surface area contributed by atoms with Gasteiger partial charge in [0.25, 0.3) is 0 Å². The van der Waals surface area contributed by atoms with Crippen molar-refractivity contribution in [3.05, 3.63) is 106 Å². The highest BCUT2D eigenvalue weighted by Crippen LogP contribution is 2.61. The second-order valence-electron chi connectivity index (χ2n) is 10.7. The highest BCUT2D eigenvalue weighted by molar-refractivity contribution is 5.84. The molecule has 0 aliphatic heterocycles. The van der Waals surface area contributed by atoms with Gasteiger partial charge in [-0.25, -0.2) is 0 Å². The topological polar surface area (TPSA) is 18.5 Å². The Kier molecular flexibility index (Phi) is 8.72. The number of benzene rings is 2. The fourth-order valence-corrected chi connectivity index (χ4v) is 7.30. The summed E-state index contributed by atoms with van der Waals surface area (Å²) < 4.78 is 11.2. The predicted molar refractivity (Wildman–Crippen MR) is 158 cm³/mol. The second-order valence-corrected chi connectivity index (χ2v) is 10.7. The van der Waals surface area contributed by atoms with Gasteiger partial charge in [-0.2, -0.15) is 0 Å². The summed E-state index contributed by atoms with van der Waals surface area (Å²) in [5.74, 6) is 0. The van der Waals surface area contributed by atoms with Crippen molar-refractivity contribution in [2.45, 2.75) is 70.6 Å². The lowest BCUT2D eigenvalue weighted by atomic mass is 9.58. The van der Waals surface area contributed by atoms with Crippen molar-refractivity contribution in [1.82, 2.24) is 0 Å². The van der Waals surface area contributed by atoms with Gasteiger partial charge in [0.2, 0.25) is 0 Å². The van der Waals surface area contributed by atoms with Gasteiger partial charge >= 0.3 is 0 Å². The van der Waals surface area contributed by atoms with E-state index in [-0.39, 0.29) is 10.8 Å². The molecule has 2 aromatic carbocycles. The van der Waals surface area contributed by atoms with Crippen LogP contribution in [-0.2, 0) is 20.3 Å². The molecule has 0 fully saturated rings. The Morgan fingerprint density at radius 3 is 1.43 bits per heavy atom. The van der Waals surface area contributed by atoms with Gasteiger partial charge in [-0.3, -0.25) is 0 Å². The molecule has 0 amide bonds. The van der Waals surface area contributed by atoms with Gasteiger partial charge in [-0.1, -0.05) is 72.8 Å². The normalized spacial score (nSPS) is 23.1. The molecule has 2 aliphatic rings. The molecule has 196 valence electrons. The van der Waals surface area contributed by atoms with Crippen molar-refractivity contribution in [1.29, 1.82) is 0 Å². The number of rotatable bonds is 12. The molecule has 2 heteroatoms. The number of hydrogen-bond acceptors (Lipinski definition) is 2. The van der Waals surface area contributed by atoms with Crippen LogP contribution >= 0.6 is 0 Å². The summed E-state index contributed by atoms with van der Waals surface area (Å²) in [5.41, 5.74) is 11.3. The van der Waals surface area contributed by atoms with Crippen LogP contribution in [0.2, 0.25) is 0 Å². The number of allylic oxidation sites excluding steroid dienone is 8. The molecule has 2 atom stereocenters. The van der Waals surface area contributed by atoms with E-state index in [1.54, 1.807) is 0 Å². The van der Waals surface area contributed by atoms with Crippen LogP contribution in [0, 0.1) is 0 Å². The summed E-state index contributed by atoms with van der Waals surface area (Å²) >= 11 is 0. The highest BCUT2D eigenvalue weighted by Gasteiger charge is 2.52. The third-order valence-electron chi connectivity index (χ3n) is 8.71. The summed E-state index contributed by atoms with van der Waals surface area (Å²) in [5, 5.41) is 0. The number of fused-ring (bicyclic) bond motifs is 2. The van der Waals surface area contributed by atoms with E-state index in [1.807, 2.05) is 14.2 Å². The molecule has 4 rings (SSSR count). The van der Waals surface area contributed by atoms with Crippen molar-refractivity contribution < 1.29 is 9.47 Å². The summed E-state index contributed by atoms with van der Waals surface area (Å²) in [6.07, 6.45) is 14.4. The highest BCUT2D eigenvalue weighted by atomic mass is 16.5. The van der Waals surface area contributed by atoms with E-state index in [0.29, 0.717) is 0 Å². The van der Waals surface area contributed by atoms with E-state index in [0.717, 1.165) is 45.3 Å². The SMILES string of the molecule is C/C=C\C1=C(C)c2ccccc2C1(CCCOC)CC1(CCCOC)C(/C=C\C)=C(C)c2ccccc21. The van der Waals surface area contributed by atoms with Gasteiger partial charge in [0.15, 0.2) is 0 Å². The zero-order chi connectivity index (χ0) is 26.5. The predicted octanol–water partition coefficient (Wildman–Crippen LogP) is 8.83. The van der Waals surface area contributed by atoms with Crippen LogP contribution in [0.15, 0.2) is 84.0 Å². The number of methoxy groups -OCH3 is 2. The Bertz CT molecular complexity index is 1130. The molecule has 37 heavy (non-hydrogen) atoms. The Morgan fingerprint density at radius 1 is 0.649 bits per heavy atom. The van der Waals surface area contributed by atoms with Crippen LogP contribution in [0.4, 0.5) is 0 Å². The molecule has 0 bridgehead atoms. The smallest absolute Gasteiger partial charge is 0.0462 e. The number of ether oxygens (including phenoxy) is 2. The first kappa shape index (κ1) is 27.4. The molecule has 0 saturated carbocycles. The molecule has 2 unspecified atom stereocenters. The van der Waals surface area contributed by atoms with E-state index >= 15 is 0 Å². The molecular weight excluding hydrogens is 452 g/mol. The Labute approximate surface area is 224 Å². The minimum absolute atomic E-state index is 0.0939. The summed E-state index contributed by atoms with van der Waals surface area (Å²) in [6.45, 7) is 10.5. The first-order chi connectivity index (χ1) is 18.0. The van der Waals surface area contributed by atoms with Crippen molar-refractivity contribution in [3.63, 3.8) is 0 Å². The molecular formula is C35H44O2. The van der Waals surface area contributed by atoms with E-state index in [1.165, 1.54) is 44.5 Å². The molecule has 2 nitrogen and oxygen atoms in total. The van der Waals surface area contributed by atoms with Crippen LogP contribution in [0.1, 0.15) is 82.1 Å². The molecule has 0 spiro atoms. The summed E-state index contributed by atoms with van der Waals surface area (Å²) in [7, 11) is 3.64. The number of hydrogen-bond donors (Lipinski definition) is 0. The first-order valence-corrected chi connectivity index (χ1v) is 13.9. The molecule has 0 N–H and O–H groups in total. The lowest BCUT2D eigenvalue weighted by Gasteiger charge is -2.44. The first-order valence-electron chi connectivity index (χ1n) is 13.9. The molecule has 2 aromatic rings. The lowest BCUT2D eigenvalue weighted by molar-refractivity contribution is 0.173. The van der Waals surface area contributed by atoms with Crippen molar-refractivity contribution >= 4 is 11.1 Å². The maximum Gasteiger partial charge on any atom is 0.0462 e. The van der Waals surface area contributed by atoms with Crippen molar-refractivity contribution in [2.24, 2.45) is 0 Å². The average Bonchev–Trinajstić information content (AvgIpc) is 3.27. The van der Waals surface area contributed by atoms with E-state index in [2.05, 4.69) is 101 Å². The quantitative estimate of drug-likeness (QED) is 0.273. The Hall–Kier alpha value is -2.68. The van der Waals surface area contributed by atoms with Gasteiger partial charge in [0, 0.05) is 38.3 Å². The fraction of sp³-hybridized carbons (Fsp3) is 0.429. The zero-order valence-corrected chi connectivity index (χ0v) is 23.7. The van der Waals surface area contributed by atoms with Gasteiger partial charge in [-0.05, 0) is 104 Å². The maximum absolute atomic E-state index is 5.59. The largest absolute Gasteiger partial charge is 0.385 e. The average molecular weight is 497 g/mol. The van der Waals surface area contributed by atoms with Gasteiger partial charge < -0.3 is 9.47 Å². The molecule has 0 saturated heterocycles. The standard InChI is InChI=1S/C35H44O2/c1-7-15-30-26(3)28-17-9-11-19-32(28)34(30,21-13-23-36-5)25-35(22-14-24-37-6)31(16-8-2)27(4)29-18-10-12-20-33(29)35/h7-12,15-20H,13-14,21-25H2,1-6H3/b15-7-,16-8-. The molecule has 0 aromatic heterocycles. The van der Waals surface area contributed by atoms with Crippen LogP contribution in [0.3, 0.4) is 0 Å². The Balaban J connectivity index is 2.00. The third kappa shape index (κ3) is 4.71. The molecule has 2 aliphatic carbocycles. The fourth-order valence-electron chi connectivity index (χ4n) is 7.30. The monoisotopic (exact) mass is 496 g/mol. The lowest BCUT2D eigenvalue weighted by Crippen LogP contribution is -2.39. The van der Waals surface area contributed by atoms with Gasteiger partial charge in [-0.15, -0.1) is 0 Å². The van der Waals surface area contributed by atoms with Crippen molar-refractivity contribution in [3.8, 4) is 0 Å². The van der Waals surface area contributed by atoms with Crippen LogP contribution in [-0.4, -0.2) is 27.4 Å². The van der Waals surface area contributed by atoms with Crippen molar-refractivity contribution in [2.75, 3.05) is 27.4 Å². The maximum atomic E-state index is 5.59. The third-order valence-corrected chi connectivity index (χ3v) is 8.71.